The predicted molar refractivity (Wildman–Crippen MR) is 84.5 cm³/mol. The zero-order valence-electron chi connectivity index (χ0n) is 12.4. The number of rotatable bonds is 6. The van der Waals surface area contributed by atoms with Gasteiger partial charge in [0.15, 0.2) is 0 Å². The molecule has 2 rings (SSSR count). The van der Waals surface area contributed by atoms with Crippen molar-refractivity contribution in [2.24, 2.45) is 0 Å². The van der Waals surface area contributed by atoms with Crippen molar-refractivity contribution in [3.8, 4) is 0 Å². The average molecular weight is 255 g/mol. The molecule has 0 spiro atoms. The Hall–Kier alpha value is -1.34. The number of nitrogens with zero attached hydrogens (tertiary/aromatic N) is 1. The number of hydrogen-bond donors (Lipinski definition) is 0. The molecule has 0 saturated carbocycles. The molecule has 0 aromatic heterocycles. The average Bonchev–Trinajstić information content (AvgIpc) is 2.43. The van der Waals surface area contributed by atoms with E-state index >= 15 is 0 Å². The molecule has 102 valence electrons. The zero-order valence-corrected chi connectivity index (χ0v) is 12.4. The summed E-state index contributed by atoms with van der Waals surface area (Å²) in [5.74, 6) is 0. The van der Waals surface area contributed by atoms with E-state index in [1.807, 2.05) is 0 Å². The van der Waals surface area contributed by atoms with E-state index in [-0.39, 0.29) is 0 Å². The molecule has 0 aliphatic rings. The Kier molecular flexibility index (Phi) is 4.98. The molecule has 0 unspecified atom stereocenters. The lowest BCUT2D eigenvalue weighted by Gasteiger charge is -2.20. The lowest BCUT2D eigenvalue weighted by molar-refractivity contribution is 0.275. The molecule has 1 nitrogen and oxygen atoms in total. The highest BCUT2D eigenvalue weighted by Crippen LogP contribution is 2.18. The normalized spacial score (nSPS) is 11.4. The second-order valence-electron chi connectivity index (χ2n) is 5.41. The molecule has 0 aliphatic heterocycles. The molecule has 0 aliphatic carbocycles. The lowest BCUT2D eigenvalue weighted by Crippen LogP contribution is -2.23. The fourth-order valence-electron chi connectivity index (χ4n) is 2.50. The highest BCUT2D eigenvalue weighted by atomic mass is 15.1. The molecule has 0 heterocycles. The summed E-state index contributed by atoms with van der Waals surface area (Å²) in [6.07, 6.45) is 2.56. The van der Waals surface area contributed by atoms with Gasteiger partial charge in [0.05, 0.1) is 0 Å². The van der Waals surface area contributed by atoms with Crippen LogP contribution in [-0.2, 0) is 6.54 Å². The van der Waals surface area contributed by atoms with Gasteiger partial charge in [-0.05, 0) is 48.8 Å². The van der Waals surface area contributed by atoms with Crippen LogP contribution in [0.1, 0.15) is 37.8 Å². The van der Waals surface area contributed by atoms with Crippen LogP contribution in [0.25, 0.3) is 10.8 Å². The summed E-state index contributed by atoms with van der Waals surface area (Å²) >= 11 is 0. The van der Waals surface area contributed by atoms with Gasteiger partial charge in [-0.15, -0.1) is 0 Å². The van der Waals surface area contributed by atoms with Crippen molar-refractivity contribution in [3.63, 3.8) is 0 Å². The van der Waals surface area contributed by atoms with Gasteiger partial charge in [-0.1, -0.05) is 56.2 Å². The topological polar surface area (TPSA) is 3.24 Å². The second kappa shape index (κ2) is 6.72. The first-order valence-corrected chi connectivity index (χ1v) is 7.44. The molecular formula is C18H25N. The predicted octanol–water partition coefficient (Wildman–Crippen LogP) is 4.77. The zero-order chi connectivity index (χ0) is 13.7. The Bertz CT molecular complexity index is 530. The largest absolute Gasteiger partial charge is 0.299 e. The molecule has 0 saturated heterocycles. The van der Waals surface area contributed by atoms with Gasteiger partial charge < -0.3 is 0 Å². The van der Waals surface area contributed by atoms with Gasteiger partial charge in [-0.3, -0.25) is 4.90 Å². The van der Waals surface area contributed by atoms with Crippen molar-refractivity contribution < 1.29 is 0 Å². The number of hydrogen-bond acceptors (Lipinski definition) is 1. The number of aryl methyl sites for hydroxylation is 1. The third-order valence-corrected chi connectivity index (χ3v) is 3.74. The van der Waals surface area contributed by atoms with E-state index in [4.69, 9.17) is 0 Å². The molecule has 1 heteroatoms. The first-order valence-electron chi connectivity index (χ1n) is 7.44. The third kappa shape index (κ3) is 3.81. The Balaban J connectivity index is 2.14. The lowest BCUT2D eigenvalue weighted by atomic mass is 10.0. The van der Waals surface area contributed by atoms with Gasteiger partial charge in [0, 0.05) is 6.54 Å². The van der Waals surface area contributed by atoms with Gasteiger partial charge >= 0.3 is 0 Å². The van der Waals surface area contributed by atoms with Gasteiger partial charge in [-0.2, -0.15) is 0 Å². The smallest absolute Gasteiger partial charge is 0.0233 e. The Morgan fingerprint density at radius 1 is 0.947 bits per heavy atom. The Labute approximate surface area is 117 Å². The Morgan fingerprint density at radius 3 is 2.42 bits per heavy atom. The number of benzene rings is 2. The molecule has 0 fully saturated rings. The van der Waals surface area contributed by atoms with Gasteiger partial charge in [0.1, 0.15) is 0 Å². The summed E-state index contributed by atoms with van der Waals surface area (Å²) in [6.45, 7) is 10.1. The molecule has 2 aromatic rings. The summed E-state index contributed by atoms with van der Waals surface area (Å²) in [5.41, 5.74) is 2.76. The molecular weight excluding hydrogens is 230 g/mol. The minimum absolute atomic E-state index is 1.07. The standard InChI is InChI=1S/C18H25N/c1-4-6-11-19(5-2)14-16-8-10-17-12-15(3)7-9-18(17)13-16/h7-10,12-13H,4-6,11,14H2,1-3H3. The maximum Gasteiger partial charge on any atom is 0.0233 e. The fraction of sp³-hybridized carbons (Fsp3) is 0.444. The maximum absolute atomic E-state index is 2.53. The van der Waals surface area contributed by atoms with Crippen LogP contribution < -0.4 is 0 Å². The van der Waals surface area contributed by atoms with E-state index in [0.717, 1.165) is 13.1 Å². The monoisotopic (exact) mass is 255 g/mol. The van der Waals surface area contributed by atoms with Crippen LogP contribution in [0.2, 0.25) is 0 Å². The van der Waals surface area contributed by atoms with Gasteiger partial charge in [0.2, 0.25) is 0 Å². The molecule has 0 N–H and O–H groups in total. The van der Waals surface area contributed by atoms with Gasteiger partial charge in [-0.25, -0.2) is 0 Å². The summed E-state index contributed by atoms with van der Waals surface area (Å²) in [4.78, 5) is 2.53. The first kappa shape index (κ1) is 14.1. The second-order valence-corrected chi connectivity index (χ2v) is 5.41. The quantitative estimate of drug-likeness (QED) is 0.718. The van der Waals surface area contributed by atoms with E-state index in [1.54, 1.807) is 0 Å². The van der Waals surface area contributed by atoms with Crippen LogP contribution in [0.5, 0.6) is 0 Å². The van der Waals surface area contributed by atoms with Crippen molar-refractivity contribution >= 4 is 10.8 Å². The summed E-state index contributed by atoms with van der Waals surface area (Å²) in [6, 6.07) is 13.6. The van der Waals surface area contributed by atoms with E-state index in [0.29, 0.717) is 0 Å². The highest BCUT2D eigenvalue weighted by Gasteiger charge is 2.04. The molecule has 0 radical (unpaired) electrons. The Morgan fingerprint density at radius 2 is 1.68 bits per heavy atom. The van der Waals surface area contributed by atoms with E-state index in [2.05, 4.69) is 62.1 Å². The molecule has 0 amide bonds. The van der Waals surface area contributed by atoms with Crippen LogP contribution in [0.15, 0.2) is 36.4 Å². The van der Waals surface area contributed by atoms with Crippen LogP contribution in [0.4, 0.5) is 0 Å². The summed E-state index contributed by atoms with van der Waals surface area (Å²) in [7, 11) is 0. The van der Waals surface area contributed by atoms with Crippen molar-refractivity contribution in [2.45, 2.75) is 40.2 Å². The number of fused-ring (bicyclic) bond motifs is 1. The summed E-state index contributed by atoms with van der Waals surface area (Å²) < 4.78 is 0. The van der Waals surface area contributed by atoms with E-state index in [1.165, 1.54) is 41.3 Å². The minimum Gasteiger partial charge on any atom is -0.299 e. The van der Waals surface area contributed by atoms with E-state index < -0.39 is 0 Å². The van der Waals surface area contributed by atoms with Crippen molar-refractivity contribution in [1.29, 1.82) is 0 Å². The van der Waals surface area contributed by atoms with E-state index in [9.17, 15) is 0 Å². The molecule has 2 aromatic carbocycles. The third-order valence-electron chi connectivity index (χ3n) is 3.74. The number of unbranched alkanes of at least 4 members (excludes halogenated alkanes) is 1. The molecule has 0 bridgehead atoms. The van der Waals surface area contributed by atoms with Crippen molar-refractivity contribution in [1.82, 2.24) is 4.90 Å². The minimum atomic E-state index is 1.07. The van der Waals surface area contributed by atoms with Crippen LogP contribution >= 0.6 is 0 Å². The first-order chi connectivity index (χ1) is 9.22. The SMILES string of the molecule is CCCCN(CC)Cc1ccc2cc(C)ccc2c1. The fourth-order valence-corrected chi connectivity index (χ4v) is 2.50. The summed E-state index contributed by atoms with van der Waals surface area (Å²) in [5, 5.41) is 2.70. The van der Waals surface area contributed by atoms with Gasteiger partial charge in [0.25, 0.3) is 0 Å². The van der Waals surface area contributed by atoms with Crippen molar-refractivity contribution in [3.05, 3.63) is 47.5 Å². The molecule has 19 heavy (non-hydrogen) atoms. The van der Waals surface area contributed by atoms with Crippen LogP contribution in [0.3, 0.4) is 0 Å². The van der Waals surface area contributed by atoms with Crippen molar-refractivity contribution in [2.75, 3.05) is 13.1 Å². The van der Waals surface area contributed by atoms with Crippen LogP contribution in [-0.4, -0.2) is 18.0 Å². The maximum atomic E-state index is 2.53. The molecule has 0 atom stereocenters. The van der Waals surface area contributed by atoms with Crippen LogP contribution in [0, 0.1) is 6.92 Å². The highest BCUT2D eigenvalue weighted by molar-refractivity contribution is 5.83.